The van der Waals surface area contributed by atoms with Gasteiger partial charge in [-0.3, -0.25) is 0 Å². The quantitative estimate of drug-likeness (QED) is 0.182. The first-order valence-corrected chi connectivity index (χ1v) is 19.7. The van der Waals surface area contributed by atoms with E-state index in [0.717, 1.165) is 81.3 Å². The average molecular weight is 724 g/mol. The lowest BCUT2D eigenvalue weighted by molar-refractivity contribution is 0.595. The number of fused-ring (bicyclic) bond motifs is 12. The van der Waals surface area contributed by atoms with Crippen molar-refractivity contribution in [2.75, 3.05) is 0 Å². The number of aromatic nitrogens is 3. The van der Waals surface area contributed by atoms with Crippen LogP contribution >= 0.6 is 0 Å². The van der Waals surface area contributed by atoms with Gasteiger partial charge in [-0.05, 0) is 101 Å². The molecule has 3 aliphatic carbocycles. The Morgan fingerprint density at radius 1 is 0.589 bits per heavy atom. The molecular weight excluding hydrogens is 687 g/mol. The first-order chi connectivity index (χ1) is 27.5. The van der Waals surface area contributed by atoms with Crippen molar-refractivity contribution in [3.63, 3.8) is 0 Å². The molecule has 6 aromatic carbocycles. The molecule has 5 heteroatoms. The Morgan fingerprint density at radius 2 is 1.39 bits per heavy atom. The number of allylic oxidation sites excluding steroid dienone is 1. The number of nitrogens with zero attached hydrogens (tertiary/aromatic N) is 3. The van der Waals surface area contributed by atoms with Gasteiger partial charge in [-0.2, -0.15) is 0 Å². The maximum absolute atomic E-state index is 6.55. The number of hydrogen-bond acceptors (Lipinski definition) is 5. The molecule has 0 radical (unpaired) electrons. The molecule has 3 aromatic heterocycles. The van der Waals surface area contributed by atoms with E-state index >= 15 is 0 Å². The van der Waals surface area contributed by atoms with E-state index in [2.05, 4.69) is 135 Å². The predicted molar refractivity (Wildman–Crippen MR) is 225 cm³/mol. The summed E-state index contributed by atoms with van der Waals surface area (Å²) in [6.45, 7) is 4.72. The lowest BCUT2D eigenvalue weighted by atomic mass is 9.80. The van der Waals surface area contributed by atoms with Gasteiger partial charge in [0.15, 0.2) is 11.6 Å². The van der Waals surface area contributed by atoms with Crippen LogP contribution in [0.5, 0.6) is 0 Å². The van der Waals surface area contributed by atoms with Gasteiger partial charge in [0.2, 0.25) is 0 Å². The van der Waals surface area contributed by atoms with Crippen LogP contribution < -0.4 is 0 Å². The number of hydrogen-bond donors (Lipinski definition) is 0. The fraction of sp³-hybridized carbons (Fsp3) is 0.157. The van der Waals surface area contributed by atoms with E-state index in [1.807, 2.05) is 12.1 Å². The molecule has 0 amide bonds. The van der Waals surface area contributed by atoms with E-state index in [1.54, 1.807) is 0 Å². The van der Waals surface area contributed by atoms with Crippen LogP contribution in [0.3, 0.4) is 0 Å². The summed E-state index contributed by atoms with van der Waals surface area (Å²) in [6.07, 6.45) is 8.06. The summed E-state index contributed by atoms with van der Waals surface area (Å²) < 4.78 is 13.0. The van der Waals surface area contributed by atoms with Gasteiger partial charge in [0.25, 0.3) is 0 Å². The molecule has 0 N–H and O–H groups in total. The van der Waals surface area contributed by atoms with Crippen molar-refractivity contribution in [2.45, 2.75) is 50.9 Å². The highest BCUT2D eigenvalue weighted by Gasteiger charge is 2.37. The Balaban J connectivity index is 1.05. The molecule has 0 aliphatic heterocycles. The van der Waals surface area contributed by atoms with Crippen LogP contribution in [0, 0.1) is 0 Å². The highest BCUT2D eigenvalue weighted by atomic mass is 16.3. The molecule has 0 fully saturated rings. The first-order valence-electron chi connectivity index (χ1n) is 19.7. The summed E-state index contributed by atoms with van der Waals surface area (Å²) in [5.74, 6) is 2.88. The zero-order chi connectivity index (χ0) is 37.1. The molecule has 0 saturated heterocycles. The second-order valence-corrected chi connectivity index (χ2v) is 16.1. The Morgan fingerprint density at radius 3 is 2.34 bits per heavy atom. The Hall–Kier alpha value is -6.59. The van der Waals surface area contributed by atoms with Crippen LogP contribution in [0.4, 0.5) is 0 Å². The average Bonchev–Trinajstić information content (AvgIpc) is 3.84. The molecule has 0 spiro atoms. The lowest BCUT2D eigenvalue weighted by Gasteiger charge is -2.23. The molecule has 5 nitrogen and oxygen atoms in total. The number of furan rings is 2. The SMILES string of the molecule is CC1(C)c2ccccc2-c2cc3c(cc21)-c1ccccc1C(c1nc(-c2ccc4c5c(oc4c2)C=CCC5)nc(-c2cccc4c2oc2ccccc24)n1)CC3. The van der Waals surface area contributed by atoms with Crippen LogP contribution in [-0.2, 0) is 18.3 Å². The monoisotopic (exact) mass is 723 g/mol. The first kappa shape index (κ1) is 31.7. The normalized spacial score (nSPS) is 16.4. The summed E-state index contributed by atoms with van der Waals surface area (Å²) in [5.41, 5.74) is 16.1. The minimum absolute atomic E-state index is 0.0612. The Labute approximate surface area is 324 Å². The third-order valence-electron chi connectivity index (χ3n) is 12.7. The molecule has 1 unspecified atom stereocenters. The zero-order valence-corrected chi connectivity index (χ0v) is 31.3. The van der Waals surface area contributed by atoms with Crippen LogP contribution in [0.25, 0.3) is 84.0 Å². The highest BCUT2D eigenvalue weighted by molar-refractivity contribution is 6.09. The zero-order valence-electron chi connectivity index (χ0n) is 31.3. The third-order valence-corrected chi connectivity index (χ3v) is 12.7. The molecule has 56 heavy (non-hydrogen) atoms. The third kappa shape index (κ3) is 4.57. The fourth-order valence-electron chi connectivity index (χ4n) is 9.86. The predicted octanol–water partition coefficient (Wildman–Crippen LogP) is 12.9. The molecule has 0 bridgehead atoms. The number of rotatable bonds is 3. The van der Waals surface area contributed by atoms with E-state index in [-0.39, 0.29) is 11.3 Å². The van der Waals surface area contributed by atoms with Crippen molar-refractivity contribution >= 4 is 39.0 Å². The Kier molecular flexibility index (Phi) is 6.63. The second-order valence-electron chi connectivity index (χ2n) is 16.1. The molecule has 0 saturated carbocycles. The fourth-order valence-corrected chi connectivity index (χ4v) is 9.86. The van der Waals surface area contributed by atoms with E-state index in [4.69, 9.17) is 23.8 Å². The number of benzene rings is 6. The second kappa shape index (κ2) is 11.7. The minimum Gasteiger partial charge on any atom is -0.456 e. The van der Waals surface area contributed by atoms with Crippen LogP contribution in [-0.4, -0.2) is 15.0 Å². The summed E-state index contributed by atoms with van der Waals surface area (Å²) >= 11 is 0. The van der Waals surface area contributed by atoms with Gasteiger partial charge in [0.05, 0.1) is 5.56 Å². The van der Waals surface area contributed by atoms with Crippen LogP contribution in [0.2, 0.25) is 0 Å². The van der Waals surface area contributed by atoms with Gasteiger partial charge < -0.3 is 8.83 Å². The van der Waals surface area contributed by atoms with Crippen molar-refractivity contribution in [1.29, 1.82) is 0 Å². The molecule has 3 aliphatic rings. The standard InChI is InChI=1S/C51H37N3O2/c1-51(2)42-19-8-5-14-33(42)41-26-29-22-25-38(31-12-3-4-13-32(31)40(29)28-43(41)51)49-52-48(30-23-24-36-34-15-6-9-20-44(34)55-46(36)27-30)53-50(54-49)39-18-11-17-37-35-16-7-10-21-45(35)56-47(37)39/h3-5,7-14,16-21,23-24,26-28,38H,6,15,22,25H2,1-2H3. The van der Waals surface area contributed by atoms with E-state index < -0.39 is 0 Å². The van der Waals surface area contributed by atoms with Gasteiger partial charge in [-0.1, -0.05) is 117 Å². The number of para-hydroxylation sites is 2. The molecule has 268 valence electrons. The molecule has 3 heterocycles. The smallest absolute Gasteiger partial charge is 0.167 e. The van der Waals surface area contributed by atoms with E-state index in [9.17, 15) is 0 Å². The molecule has 1 atom stereocenters. The maximum atomic E-state index is 6.55. The largest absolute Gasteiger partial charge is 0.456 e. The van der Waals surface area contributed by atoms with Crippen molar-refractivity contribution in [1.82, 2.24) is 15.0 Å². The van der Waals surface area contributed by atoms with Gasteiger partial charge in [-0.25, -0.2) is 15.0 Å². The molecular formula is C51H37N3O2. The van der Waals surface area contributed by atoms with Gasteiger partial charge in [0, 0.05) is 38.6 Å². The van der Waals surface area contributed by atoms with Crippen molar-refractivity contribution in [3.8, 4) is 45.0 Å². The van der Waals surface area contributed by atoms with Crippen LogP contribution in [0.15, 0.2) is 136 Å². The summed E-state index contributed by atoms with van der Waals surface area (Å²) in [4.78, 5) is 16.0. The van der Waals surface area contributed by atoms with E-state index in [0.29, 0.717) is 11.6 Å². The van der Waals surface area contributed by atoms with Gasteiger partial charge >= 0.3 is 0 Å². The van der Waals surface area contributed by atoms with Gasteiger partial charge in [0.1, 0.15) is 28.3 Å². The topological polar surface area (TPSA) is 65.0 Å². The van der Waals surface area contributed by atoms with Crippen molar-refractivity contribution in [3.05, 3.63) is 167 Å². The van der Waals surface area contributed by atoms with Gasteiger partial charge in [-0.15, -0.1) is 0 Å². The van der Waals surface area contributed by atoms with Crippen molar-refractivity contribution < 1.29 is 8.83 Å². The minimum atomic E-state index is -0.0814. The summed E-state index contributed by atoms with van der Waals surface area (Å²) in [6, 6.07) is 43.6. The number of aryl methyl sites for hydroxylation is 2. The lowest BCUT2D eigenvalue weighted by Crippen LogP contribution is -2.15. The maximum Gasteiger partial charge on any atom is 0.167 e. The summed E-state index contributed by atoms with van der Waals surface area (Å²) in [5, 5.41) is 3.28. The van der Waals surface area contributed by atoms with E-state index in [1.165, 1.54) is 50.1 Å². The van der Waals surface area contributed by atoms with Crippen LogP contribution in [0.1, 0.15) is 72.0 Å². The van der Waals surface area contributed by atoms with Crippen molar-refractivity contribution in [2.24, 2.45) is 0 Å². The Bertz CT molecular complexity index is 3140. The summed E-state index contributed by atoms with van der Waals surface area (Å²) in [7, 11) is 0. The highest BCUT2D eigenvalue weighted by Crippen LogP contribution is 2.52. The molecule has 12 rings (SSSR count). The molecule has 9 aromatic rings.